The van der Waals surface area contributed by atoms with E-state index in [2.05, 4.69) is 5.10 Å². The van der Waals surface area contributed by atoms with Gasteiger partial charge in [-0.3, -0.25) is 4.68 Å². The van der Waals surface area contributed by atoms with E-state index in [-0.39, 0.29) is 6.42 Å². The van der Waals surface area contributed by atoms with Crippen molar-refractivity contribution < 1.29 is 8.78 Å². The zero-order chi connectivity index (χ0) is 9.31. The van der Waals surface area contributed by atoms with Crippen LogP contribution in [0, 0.1) is 0 Å². The van der Waals surface area contributed by atoms with Crippen molar-refractivity contribution >= 4 is 0 Å². The lowest BCUT2D eigenvalue weighted by Gasteiger charge is -2.31. The Morgan fingerprint density at radius 2 is 2.23 bits per heavy atom. The molecule has 1 atom stereocenters. The molecule has 1 aliphatic rings. The maximum absolute atomic E-state index is 13.4. The van der Waals surface area contributed by atoms with E-state index in [0.29, 0.717) is 12.8 Å². The van der Waals surface area contributed by atoms with Gasteiger partial charge in [0.1, 0.15) is 6.04 Å². The first kappa shape index (κ1) is 8.66. The predicted octanol–water partition coefficient (Wildman–Crippen LogP) is 2.63. The predicted molar refractivity (Wildman–Crippen MR) is 44.7 cm³/mol. The van der Waals surface area contributed by atoms with Gasteiger partial charge >= 0.3 is 0 Å². The zero-order valence-electron chi connectivity index (χ0n) is 7.29. The SMILES string of the molecule is FC1(F)CCCCC1n1cccn1. The molecule has 0 spiro atoms. The summed E-state index contributed by atoms with van der Waals surface area (Å²) in [6.07, 6.45) is 5.20. The van der Waals surface area contributed by atoms with E-state index in [0.717, 1.165) is 6.42 Å². The Kier molecular flexibility index (Phi) is 2.06. The highest BCUT2D eigenvalue weighted by atomic mass is 19.3. The lowest BCUT2D eigenvalue weighted by molar-refractivity contribution is -0.0818. The second-order valence-electron chi connectivity index (χ2n) is 3.51. The monoisotopic (exact) mass is 186 g/mol. The van der Waals surface area contributed by atoms with Gasteiger partial charge in [0.25, 0.3) is 5.92 Å². The molecule has 0 aromatic carbocycles. The van der Waals surface area contributed by atoms with Crippen molar-refractivity contribution in [3.8, 4) is 0 Å². The minimum Gasteiger partial charge on any atom is -0.264 e. The lowest BCUT2D eigenvalue weighted by Crippen LogP contribution is -2.34. The van der Waals surface area contributed by atoms with E-state index in [1.165, 1.54) is 4.68 Å². The van der Waals surface area contributed by atoms with E-state index in [9.17, 15) is 8.78 Å². The average molecular weight is 186 g/mol. The molecule has 0 amide bonds. The van der Waals surface area contributed by atoms with Crippen molar-refractivity contribution in [2.45, 2.75) is 37.6 Å². The van der Waals surface area contributed by atoms with Gasteiger partial charge in [-0.25, -0.2) is 8.78 Å². The molecule has 0 saturated heterocycles. The molecule has 1 heterocycles. The Hall–Kier alpha value is -0.930. The molecule has 1 aliphatic carbocycles. The topological polar surface area (TPSA) is 17.8 Å². The van der Waals surface area contributed by atoms with Crippen LogP contribution in [0.25, 0.3) is 0 Å². The van der Waals surface area contributed by atoms with Crippen LogP contribution >= 0.6 is 0 Å². The largest absolute Gasteiger partial charge is 0.270 e. The molecular weight excluding hydrogens is 174 g/mol. The van der Waals surface area contributed by atoms with E-state index in [4.69, 9.17) is 0 Å². The number of alkyl halides is 2. The smallest absolute Gasteiger partial charge is 0.264 e. The fourth-order valence-electron chi connectivity index (χ4n) is 1.87. The van der Waals surface area contributed by atoms with Gasteiger partial charge in [0.05, 0.1) is 0 Å². The number of aromatic nitrogens is 2. The summed E-state index contributed by atoms with van der Waals surface area (Å²) < 4.78 is 28.1. The van der Waals surface area contributed by atoms with Crippen LogP contribution in [0.3, 0.4) is 0 Å². The third-order valence-electron chi connectivity index (χ3n) is 2.57. The van der Waals surface area contributed by atoms with Gasteiger partial charge in [0.2, 0.25) is 0 Å². The summed E-state index contributed by atoms with van der Waals surface area (Å²) in [5, 5.41) is 3.87. The van der Waals surface area contributed by atoms with Gasteiger partial charge in [-0.2, -0.15) is 5.10 Å². The first-order valence-electron chi connectivity index (χ1n) is 4.57. The van der Waals surface area contributed by atoms with Gasteiger partial charge in [0.15, 0.2) is 0 Å². The number of halogens is 2. The molecule has 1 fully saturated rings. The van der Waals surface area contributed by atoms with Crippen LogP contribution < -0.4 is 0 Å². The fourth-order valence-corrected chi connectivity index (χ4v) is 1.87. The summed E-state index contributed by atoms with van der Waals surface area (Å²) in [6, 6.07) is 0.960. The van der Waals surface area contributed by atoms with Crippen LogP contribution in [-0.4, -0.2) is 15.7 Å². The highest BCUT2D eigenvalue weighted by Crippen LogP contribution is 2.40. The molecular formula is C9H12F2N2. The molecule has 1 unspecified atom stereocenters. The Morgan fingerprint density at radius 3 is 2.85 bits per heavy atom. The third kappa shape index (κ3) is 1.57. The highest BCUT2D eigenvalue weighted by molar-refractivity contribution is 4.90. The van der Waals surface area contributed by atoms with Crippen molar-refractivity contribution in [1.82, 2.24) is 9.78 Å². The van der Waals surface area contributed by atoms with Gasteiger partial charge < -0.3 is 0 Å². The van der Waals surface area contributed by atoms with E-state index in [1.807, 2.05) is 0 Å². The average Bonchev–Trinajstić information content (AvgIpc) is 2.55. The molecule has 1 aromatic heterocycles. The second-order valence-corrected chi connectivity index (χ2v) is 3.51. The van der Waals surface area contributed by atoms with Crippen LogP contribution in [0.2, 0.25) is 0 Å². The molecule has 1 aromatic rings. The highest BCUT2D eigenvalue weighted by Gasteiger charge is 2.42. The van der Waals surface area contributed by atoms with E-state index in [1.54, 1.807) is 18.5 Å². The minimum absolute atomic E-state index is 0.00245. The molecule has 1 saturated carbocycles. The summed E-state index contributed by atoms with van der Waals surface area (Å²) in [5.41, 5.74) is 0. The molecule has 72 valence electrons. The second kappa shape index (κ2) is 3.09. The quantitative estimate of drug-likeness (QED) is 0.659. The molecule has 13 heavy (non-hydrogen) atoms. The number of nitrogens with zero attached hydrogens (tertiary/aromatic N) is 2. The minimum atomic E-state index is -2.58. The maximum Gasteiger partial charge on any atom is 0.270 e. The Morgan fingerprint density at radius 1 is 1.38 bits per heavy atom. The molecule has 2 nitrogen and oxygen atoms in total. The lowest BCUT2D eigenvalue weighted by atomic mass is 9.92. The number of hydrogen-bond donors (Lipinski definition) is 0. The molecule has 0 radical (unpaired) electrons. The van der Waals surface area contributed by atoms with Gasteiger partial charge in [-0.15, -0.1) is 0 Å². The van der Waals surface area contributed by atoms with Crippen LogP contribution in [-0.2, 0) is 0 Å². The number of rotatable bonds is 1. The van der Waals surface area contributed by atoms with Crippen molar-refractivity contribution in [2.75, 3.05) is 0 Å². The standard InChI is InChI=1S/C9H12F2N2/c10-9(11)5-2-1-4-8(9)13-7-3-6-12-13/h3,6-8H,1-2,4-5H2. The van der Waals surface area contributed by atoms with Gasteiger partial charge in [-0.1, -0.05) is 6.42 Å². The molecule has 0 bridgehead atoms. The van der Waals surface area contributed by atoms with Gasteiger partial charge in [0, 0.05) is 18.8 Å². The van der Waals surface area contributed by atoms with E-state index >= 15 is 0 Å². The first-order valence-corrected chi connectivity index (χ1v) is 4.57. The van der Waals surface area contributed by atoms with Crippen LogP contribution in [0.5, 0.6) is 0 Å². The molecule has 0 aliphatic heterocycles. The Labute approximate surface area is 75.6 Å². The van der Waals surface area contributed by atoms with E-state index < -0.39 is 12.0 Å². The van der Waals surface area contributed by atoms with Crippen molar-refractivity contribution in [3.05, 3.63) is 18.5 Å². The van der Waals surface area contributed by atoms with Crippen molar-refractivity contribution in [3.63, 3.8) is 0 Å². The summed E-state index contributed by atoms with van der Waals surface area (Å²) in [7, 11) is 0. The van der Waals surface area contributed by atoms with Crippen molar-refractivity contribution in [2.24, 2.45) is 0 Å². The summed E-state index contributed by atoms with van der Waals surface area (Å²) in [6.45, 7) is 0. The maximum atomic E-state index is 13.4. The van der Waals surface area contributed by atoms with Crippen LogP contribution in [0.4, 0.5) is 8.78 Å². The van der Waals surface area contributed by atoms with Crippen LogP contribution in [0.1, 0.15) is 31.7 Å². The van der Waals surface area contributed by atoms with Crippen LogP contribution in [0.15, 0.2) is 18.5 Å². The molecule has 2 rings (SSSR count). The normalized spacial score (nSPS) is 27.4. The number of hydrogen-bond acceptors (Lipinski definition) is 1. The first-order chi connectivity index (χ1) is 6.20. The Bertz CT molecular complexity index is 269. The summed E-state index contributed by atoms with van der Waals surface area (Å²) in [4.78, 5) is 0. The summed E-state index contributed by atoms with van der Waals surface area (Å²) in [5.74, 6) is -2.58. The van der Waals surface area contributed by atoms with Crippen molar-refractivity contribution in [1.29, 1.82) is 0 Å². The zero-order valence-corrected chi connectivity index (χ0v) is 7.29. The van der Waals surface area contributed by atoms with Gasteiger partial charge in [-0.05, 0) is 18.9 Å². The fraction of sp³-hybridized carbons (Fsp3) is 0.667. The molecule has 0 N–H and O–H groups in total. The Balaban J connectivity index is 2.21. The molecule has 4 heteroatoms. The third-order valence-corrected chi connectivity index (χ3v) is 2.57. The summed E-state index contributed by atoms with van der Waals surface area (Å²) >= 11 is 0.